The summed E-state index contributed by atoms with van der Waals surface area (Å²) in [7, 11) is 0. The number of benzene rings is 1. The summed E-state index contributed by atoms with van der Waals surface area (Å²) in [5.74, 6) is 0.161. The summed E-state index contributed by atoms with van der Waals surface area (Å²) >= 11 is 7.56. The molecule has 0 bridgehead atoms. The number of pyridine rings is 1. The fourth-order valence-corrected chi connectivity index (χ4v) is 3.68. The van der Waals surface area contributed by atoms with E-state index in [4.69, 9.17) is 16.9 Å². The van der Waals surface area contributed by atoms with Crippen molar-refractivity contribution in [3.8, 4) is 6.07 Å². The Morgan fingerprint density at radius 3 is 2.88 bits per heavy atom. The summed E-state index contributed by atoms with van der Waals surface area (Å²) in [4.78, 5) is 17.5. The Kier molecular flexibility index (Phi) is 5.42. The number of hydrogen-bond acceptors (Lipinski definition) is 5. The summed E-state index contributed by atoms with van der Waals surface area (Å²) in [6.45, 7) is 0. The molecule has 0 unspecified atom stereocenters. The molecule has 1 heterocycles. The third kappa shape index (κ3) is 4.04. The largest absolute Gasteiger partial charge is 0.357 e. The van der Waals surface area contributed by atoms with E-state index < -0.39 is 0 Å². The van der Waals surface area contributed by atoms with E-state index in [-0.39, 0.29) is 5.78 Å². The molecule has 6 heteroatoms. The van der Waals surface area contributed by atoms with Gasteiger partial charge in [-0.05, 0) is 36.4 Å². The van der Waals surface area contributed by atoms with E-state index in [9.17, 15) is 4.79 Å². The van der Waals surface area contributed by atoms with Crippen LogP contribution in [0, 0.1) is 11.3 Å². The molecule has 0 saturated carbocycles. The van der Waals surface area contributed by atoms with Crippen molar-refractivity contribution < 1.29 is 4.79 Å². The molecule has 1 aromatic heterocycles. The fourth-order valence-electron chi connectivity index (χ4n) is 2.86. The quantitative estimate of drug-likeness (QED) is 0.780. The number of thioether (sulfide) groups is 1. The molecule has 4 nitrogen and oxygen atoms in total. The number of hydrogen-bond donors (Lipinski definition) is 1. The van der Waals surface area contributed by atoms with Crippen LogP contribution >= 0.6 is 23.4 Å². The van der Waals surface area contributed by atoms with Gasteiger partial charge in [0.2, 0.25) is 0 Å². The lowest BCUT2D eigenvalue weighted by Crippen LogP contribution is -2.06. The van der Waals surface area contributed by atoms with Gasteiger partial charge in [-0.15, -0.1) is 11.8 Å². The number of anilines is 1. The van der Waals surface area contributed by atoms with Crippen LogP contribution in [0.4, 0.5) is 5.69 Å². The Labute approximate surface area is 155 Å². The molecule has 0 radical (unpaired) electrons. The maximum atomic E-state index is 12.4. The third-order valence-electron chi connectivity index (χ3n) is 4.09. The molecule has 25 heavy (non-hydrogen) atoms. The van der Waals surface area contributed by atoms with Crippen LogP contribution in [0.15, 0.2) is 52.8 Å². The van der Waals surface area contributed by atoms with Crippen LogP contribution in [-0.4, -0.2) is 17.0 Å². The first-order valence-electron chi connectivity index (χ1n) is 7.80. The van der Waals surface area contributed by atoms with Gasteiger partial charge < -0.3 is 5.32 Å². The van der Waals surface area contributed by atoms with Gasteiger partial charge in [-0.1, -0.05) is 17.7 Å². The molecule has 1 aliphatic rings. The van der Waals surface area contributed by atoms with Gasteiger partial charge in [0.1, 0.15) is 0 Å². The minimum Gasteiger partial charge on any atom is -0.357 e. The predicted molar refractivity (Wildman–Crippen MR) is 101 cm³/mol. The summed E-state index contributed by atoms with van der Waals surface area (Å²) in [6.07, 6.45) is 6.98. The highest BCUT2D eigenvalue weighted by atomic mass is 35.5. The van der Waals surface area contributed by atoms with E-state index in [0.717, 1.165) is 27.4 Å². The van der Waals surface area contributed by atoms with Crippen molar-refractivity contribution in [3.05, 3.63) is 64.1 Å². The lowest BCUT2D eigenvalue weighted by atomic mass is 10.0. The van der Waals surface area contributed by atoms with Gasteiger partial charge in [0.15, 0.2) is 5.78 Å². The molecule has 1 N–H and O–H groups in total. The number of ketones is 1. The van der Waals surface area contributed by atoms with Crippen LogP contribution in [0.1, 0.15) is 24.0 Å². The SMILES string of the molecule is CSc1cc(C#N)ccc1CC1=C(Nc2cncc(Cl)c2)CCC1=O. The summed E-state index contributed by atoms with van der Waals surface area (Å²) in [5, 5.41) is 12.9. The van der Waals surface area contributed by atoms with Crippen LogP contribution in [0.2, 0.25) is 5.02 Å². The van der Waals surface area contributed by atoms with Crippen molar-refractivity contribution in [1.82, 2.24) is 4.98 Å². The predicted octanol–water partition coefficient (Wildman–Crippen LogP) is 4.60. The Morgan fingerprint density at radius 1 is 1.32 bits per heavy atom. The number of nitrogens with zero attached hydrogens (tertiary/aromatic N) is 2. The van der Waals surface area contributed by atoms with Crippen LogP contribution in [0.3, 0.4) is 0 Å². The second-order valence-electron chi connectivity index (χ2n) is 5.71. The second kappa shape index (κ2) is 7.73. The van der Waals surface area contributed by atoms with E-state index in [1.807, 2.05) is 18.4 Å². The molecule has 0 amide bonds. The molecule has 126 valence electrons. The average molecular weight is 370 g/mol. The van der Waals surface area contributed by atoms with E-state index in [0.29, 0.717) is 29.8 Å². The molecule has 1 aromatic carbocycles. The molecule has 0 atom stereocenters. The highest BCUT2D eigenvalue weighted by Gasteiger charge is 2.24. The molecule has 0 spiro atoms. The van der Waals surface area contributed by atoms with Crippen LogP contribution in [0.5, 0.6) is 0 Å². The zero-order valence-corrected chi connectivity index (χ0v) is 15.2. The topological polar surface area (TPSA) is 65.8 Å². The highest BCUT2D eigenvalue weighted by molar-refractivity contribution is 7.98. The van der Waals surface area contributed by atoms with Crippen LogP contribution in [-0.2, 0) is 11.2 Å². The second-order valence-corrected chi connectivity index (χ2v) is 7.00. The molecule has 2 aromatic rings. The van der Waals surface area contributed by atoms with Crippen molar-refractivity contribution in [3.63, 3.8) is 0 Å². The van der Waals surface area contributed by atoms with E-state index in [1.165, 1.54) is 0 Å². The molecule has 1 aliphatic carbocycles. The minimum absolute atomic E-state index is 0.161. The molecular weight excluding hydrogens is 354 g/mol. The van der Waals surface area contributed by atoms with Crippen molar-refractivity contribution in [2.45, 2.75) is 24.2 Å². The Morgan fingerprint density at radius 2 is 2.16 bits per heavy atom. The smallest absolute Gasteiger partial charge is 0.161 e. The maximum absolute atomic E-state index is 12.4. The number of allylic oxidation sites excluding steroid dienone is 2. The number of aromatic nitrogens is 1. The van der Waals surface area contributed by atoms with Crippen molar-refractivity contribution in [2.24, 2.45) is 0 Å². The Bertz CT molecular complexity index is 902. The molecular formula is C19H16ClN3OS. The minimum atomic E-state index is 0.161. The Hall–Kier alpha value is -2.29. The lowest BCUT2D eigenvalue weighted by molar-refractivity contribution is -0.115. The van der Waals surface area contributed by atoms with Gasteiger partial charge in [0.25, 0.3) is 0 Å². The van der Waals surface area contributed by atoms with Gasteiger partial charge in [-0.3, -0.25) is 9.78 Å². The van der Waals surface area contributed by atoms with E-state index in [2.05, 4.69) is 16.4 Å². The number of rotatable bonds is 5. The molecule has 0 fully saturated rings. The first-order valence-corrected chi connectivity index (χ1v) is 9.41. The van der Waals surface area contributed by atoms with Gasteiger partial charge in [0.05, 0.1) is 28.5 Å². The average Bonchev–Trinajstić information content (AvgIpc) is 2.95. The van der Waals surface area contributed by atoms with Crippen LogP contribution < -0.4 is 5.32 Å². The third-order valence-corrected chi connectivity index (χ3v) is 5.11. The monoisotopic (exact) mass is 369 g/mol. The standard InChI is InChI=1S/C19H16ClN3OS/c1-25-19-6-12(9-21)2-3-13(19)7-16-17(4-5-18(16)24)23-15-8-14(20)10-22-11-15/h2-3,6,8,10-11,23H,4-5,7H2,1H3. The number of halogens is 1. The molecule has 3 rings (SSSR count). The van der Waals surface area contributed by atoms with Gasteiger partial charge in [-0.2, -0.15) is 5.26 Å². The maximum Gasteiger partial charge on any atom is 0.161 e. The van der Waals surface area contributed by atoms with Crippen molar-refractivity contribution in [2.75, 3.05) is 11.6 Å². The summed E-state index contributed by atoms with van der Waals surface area (Å²) in [5.41, 5.74) is 4.17. The van der Waals surface area contributed by atoms with Gasteiger partial charge in [0, 0.05) is 35.2 Å². The molecule has 0 aliphatic heterocycles. The first kappa shape index (κ1) is 17.5. The van der Waals surface area contributed by atoms with Crippen molar-refractivity contribution in [1.29, 1.82) is 5.26 Å². The van der Waals surface area contributed by atoms with Gasteiger partial charge >= 0.3 is 0 Å². The van der Waals surface area contributed by atoms with E-state index in [1.54, 1.807) is 36.3 Å². The summed E-state index contributed by atoms with van der Waals surface area (Å²) in [6, 6.07) is 9.54. The lowest BCUT2D eigenvalue weighted by Gasteiger charge is -2.12. The summed E-state index contributed by atoms with van der Waals surface area (Å²) < 4.78 is 0. The fraction of sp³-hybridized carbons (Fsp3) is 0.211. The zero-order valence-electron chi connectivity index (χ0n) is 13.7. The van der Waals surface area contributed by atoms with Crippen LogP contribution in [0.25, 0.3) is 0 Å². The normalized spacial score (nSPS) is 13.9. The molecule has 0 saturated heterocycles. The number of carbonyl (C=O) groups is 1. The van der Waals surface area contributed by atoms with Crippen molar-refractivity contribution >= 4 is 34.8 Å². The number of nitrogens with one attached hydrogen (secondary N) is 1. The number of Topliss-reactive ketones (excluding diaryl/α,β-unsaturated/α-hetero) is 1. The van der Waals surface area contributed by atoms with Gasteiger partial charge in [-0.25, -0.2) is 0 Å². The number of carbonyl (C=O) groups excluding carboxylic acids is 1. The number of nitriles is 1. The highest BCUT2D eigenvalue weighted by Crippen LogP contribution is 2.31. The Balaban J connectivity index is 1.90. The first-order chi connectivity index (χ1) is 12.1. The van der Waals surface area contributed by atoms with E-state index >= 15 is 0 Å². The zero-order chi connectivity index (χ0) is 17.8.